The van der Waals surface area contributed by atoms with Crippen molar-refractivity contribution in [2.24, 2.45) is 5.92 Å². The van der Waals surface area contributed by atoms with Crippen molar-refractivity contribution in [3.05, 3.63) is 29.8 Å². The number of rotatable bonds is 3. The van der Waals surface area contributed by atoms with Crippen molar-refractivity contribution in [2.45, 2.75) is 12.8 Å². The average Bonchev–Trinajstić information content (AvgIpc) is 2.53. The molecule has 1 saturated heterocycles. The van der Waals surface area contributed by atoms with Crippen LogP contribution in [0.15, 0.2) is 24.3 Å². The van der Waals surface area contributed by atoms with Gasteiger partial charge in [-0.1, -0.05) is 6.07 Å². The zero-order valence-electron chi connectivity index (χ0n) is 11.8. The van der Waals surface area contributed by atoms with Crippen molar-refractivity contribution in [1.82, 2.24) is 4.90 Å². The zero-order valence-corrected chi connectivity index (χ0v) is 11.8. The number of amides is 1. The lowest BCUT2D eigenvalue weighted by Crippen LogP contribution is -2.42. The molecule has 0 aromatic heterocycles. The Balaban J connectivity index is 2.10. The summed E-state index contributed by atoms with van der Waals surface area (Å²) in [5.74, 6) is 0.117. The Kier molecular flexibility index (Phi) is 4.61. The van der Waals surface area contributed by atoms with Crippen molar-refractivity contribution in [3.63, 3.8) is 0 Å². The number of carbonyl (C=O) groups is 2. The summed E-state index contributed by atoms with van der Waals surface area (Å²) in [6.07, 6.45) is 1.59. The Bertz CT molecular complexity index is 500. The van der Waals surface area contributed by atoms with Crippen LogP contribution >= 0.6 is 0 Å². The number of nitrogens with zero attached hydrogens (tertiary/aromatic N) is 1. The lowest BCUT2D eigenvalue weighted by atomic mass is 9.97. The quantitative estimate of drug-likeness (QED) is 0.789. The van der Waals surface area contributed by atoms with E-state index >= 15 is 0 Å². The lowest BCUT2D eigenvalue weighted by Gasteiger charge is -2.31. The van der Waals surface area contributed by atoms with Gasteiger partial charge in [0.2, 0.25) is 0 Å². The van der Waals surface area contributed by atoms with Crippen LogP contribution in [0.1, 0.15) is 23.2 Å². The first-order chi connectivity index (χ1) is 9.65. The normalized spacial score (nSPS) is 18.5. The van der Waals surface area contributed by atoms with Crippen LogP contribution in [0.3, 0.4) is 0 Å². The molecule has 1 amide bonds. The number of methoxy groups -OCH3 is 2. The maximum atomic E-state index is 12.4. The van der Waals surface area contributed by atoms with Crippen molar-refractivity contribution in [1.29, 1.82) is 0 Å². The van der Waals surface area contributed by atoms with Crippen molar-refractivity contribution in [3.8, 4) is 5.75 Å². The first-order valence-corrected chi connectivity index (χ1v) is 6.67. The van der Waals surface area contributed by atoms with E-state index in [0.717, 1.165) is 12.8 Å². The van der Waals surface area contributed by atoms with E-state index in [-0.39, 0.29) is 17.8 Å². The van der Waals surface area contributed by atoms with Gasteiger partial charge in [0.1, 0.15) is 5.75 Å². The second kappa shape index (κ2) is 6.41. The van der Waals surface area contributed by atoms with Crippen LogP contribution in [0, 0.1) is 5.92 Å². The molecule has 108 valence electrons. The molecule has 0 radical (unpaired) electrons. The molecule has 0 unspecified atom stereocenters. The number of benzene rings is 1. The summed E-state index contributed by atoms with van der Waals surface area (Å²) in [4.78, 5) is 25.7. The first-order valence-electron chi connectivity index (χ1n) is 6.67. The van der Waals surface area contributed by atoms with E-state index in [9.17, 15) is 9.59 Å². The third-order valence-corrected chi connectivity index (χ3v) is 3.56. The fraction of sp³-hybridized carbons (Fsp3) is 0.467. The van der Waals surface area contributed by atoms with Crippen LogP contribution < -0.4 is 4.74 Å². The summed E-state index contributed by atoms with van der Waals surface area (Å²) in [6.45, 7) is 1.09. The molecule has 0 spiro atoms. The van der Waals surface area contributed by atoms with E-state index in [4.69, 9.17) is 9.47 Å². The number of likely N-dealkylation sites (tertiary alicyclic amines) is 1. The molecule has 1 aromatic rings. The largest absolute Gasteiger partial charge is 0.497 e. The molecule has 0 saturated carbocycles. The second-order valence-corrected chi connectivity index (χ2v) is 4.85. The highest BCUT2D eigenvalue weighted by Gasteiger charge is 2.29. The van der Waals surface area contributed by atoms with Crippen LogP contribution in [-0.4, -0.2) is 44.1 Å². The number of piperidine rings is 1. The third-order valence-electron chi connectivity index (χ3n) is 3.56. The van der Waals surface area contributed by atoms with Gasteiger partial charge in [-0.2, -0.15) is 0 Å². The van der Waals surface area contributed by atoms with Crippen LogP contribution in [0.4, 0.5) is 0 Å². The summed E-state index contributed by atoms with van der Waals surface area (Å²) in [5, 5.41) is 0. The van der Waals surface area contributed by atoms with Crippen LogP contribution in [0.2, 0.25) is 0 Å². The molecule has 0 N–H and O–H groups in total. The van der Waals surface area contributed by atoms with E-state index in [1.807, 2.05) is 0 Å². The third kappa shape index (κ3) is 3.10. The molecule has 1 aliphatic heterocycles. The molecule has 1 fully saturated rings. The number of hydrogen-bond donors (Lipinski definition) is 0. The van der Waals surface area contributed by atoms with Gasteiger partial charge in [-0.3, -0.25) is 9.59 Å². The van der Waals surface area contributed by atoms with Gasteiger partial charge in [0.15, 0.2) is 0 Å². The predicted molar refractivity (Wildman–Crippen MR) is 73.6 cm³/mol. The minimum absolute atomic E-state index is 0.0718. The molecule has 0 bridgehead atoms. The Hall–Kier alpha value is -2.04. The number of ether oxygens (including phenoxy) is 2. The summed E-state index contributed by atoms with van der Waals surface area (Å²) < 4.78 is 9.89. The van der Waals surface area contributed by atoms with Crippen LogP contribution in [0.5, 0.6) is 5.75 Å². The molecule has 5 heteroatoms. The molecule has 5 nitrogen and oxygen atoms in total. The minimum Gasteiger partial charge on any atom is -0.497 e. The fourth-order valence-electron chi connectivity index (χ4n) is 2.46. The van der Waals surface area contributed by atoms with Gasteiger partial charge in [-0.15, -0.1) is 0 Å². The van der Waals surface area contributed by atoms with E-state index in [1.165, 1.54) is 7.11 Å². The molecular formula is C15H19NO4. The highest BCUT2D eigenvalue weighted by atomic mass is 16.5. The van der Waals surface area contributed by atoms with Gasteiger partial charge in [-0.25, -0.2) is 0 Å². The summed E-state index contributed by atoms with van der Waals surface area (Å²) in [6, 6.07) is 7.05. The Morgan fingerprint density at radius 3 is 2.80 bits per heavy atom. The van der Waals surface area contributed by atoms with E-state index < -0.39 is 0 Å². The van der Waals surface area contributed by atoms with Crippen LogP contribution in [-0.2, 0) is 9.53 Å². The number of carbonyl (C=O) groups excluding carboxylic acids is 2. The Labute approximate surface area is 118 Å². The van der Waals surface area contributed by atoms with Gasteiger partial charge in [0, 0.05) is 18.7 Å². The highest BCUT2D eigenvalue weighted by Crippen LogP contribution is 2.21. The molecular weight excluding hydrogens is 258 g/mol. The van der Waals surface area contributed by atoms with Gasteiger partial charge in [0.05, 0.1) is 20.1 Å². The lowest BCUT2D eigenvalue weighted by molar-refractivity contribution is -0.146. The molecule has 2 rings (SSSR count). The Morgan fingerprint density at radius 1 is 1.30 bits per heavy atom. The van der Waals surface area contributed by atoms with Crippen LogP contribution in [0.25, 0.3) is 0 Å². The molecule has 20 heavy (non-hydrogen) atoms. The highest BCUT2D eigenvalue weighted by molar-refractivity contribution is 5.95. The van der Waals surface area contributed by atoms with Gasteiger partial charge >= 0.3 is 5.97 Å². The van der Waals surface area contributed by atoms with E-state index in [0.29, 0.717) is 24.4 Å². The topological polar surface area (TPSA) is 55.8 Å². The van der Waals surface area contributed by atoms with Crippen molar-refractivity contribution in [2.75, 3.05) is 27.3 Å². The average molecular weight is 277 g/mol. The van der Waals surface area contributed by atoms with Gasteiger partial charge in [0.25, 0.3) is 5.91 Å². The SMILES string of the molecule is COC(=O)[C@@H]1CCCN(C(=O)c2cccc(OC)c2)C1. The van der Waals surface area contributed by atoms with Crippen molar-refractivity contribution >= 4 is 11.9 Å². The fourth-order valence-corrected chi connectivity index (χ4v) is 2.46. The standard InChI is InChI=1S/C15H19NO4/c1-19-13-7-3-5-11(9-13)14(17)16-8-4-6-12(10-16)15(18)20-2/h3,5,7,9,12H,4,6,8,10H2,1-2H3/t12-/m1/s1. The molecule has 1 atom stereocenters. The Morgan fingerprint density at radius 2 is 2.10 bits per heavy atom. The minimum atomic E-state index is -0.242. The summed E-state index contributed by atoms with van der Waals surface area (Å²) >= 11 is 0. The van der Waals surface area contributed by atoms with E-state index in [2.05, 4.69) is 0 Å². The predicted octanol–water partition coefficient (Wildman–Crippen LogP) is 1.72. The molecule has 1 aliphatic rings. The molecule has 0 aliphatic carbocycles. The zero-order chi connectivity index (χ0) is 14.5. The van der Waals surface area contributed by atoms with Gasteiger partial charge in [-0.05, 0) is 31.0 Å². The van der Waals surface area contributed by atoms with Gasteiger partial charge < -0.3 is 14.4 Å². The maximum absolute atomic E-state index is 12.4. The first kappa shape index (κ1) is 14.4. The molecule has 1 heterocycles. The summed E-state index contributed by atoms with van der Waals surface area (Å²) in [5.41, 5.74) is 0.579. The molecule has 1 aromatic carbocycles. The van der Waals surface area contributed by atoms with Crippen molar-refractivity contribution < 1.29 is 19.1 Å². The number of hydrogen-bond acceptors (Lipinski definition) is 4. The summed E-state index contributed by atoms with van der Waals surface area (Å²) in [7, 11) is 2.95. The maximum Gasteiger partial charge on any atom is 0.310 e. The second-order valence-electron chi connectivity index (χ2n) is 4.85. The number of esters is 1. The smallest absolute Gasteiger partial charge is 0.310 e. The monoisotopic (exact) mass is 277 g/mol. The van der Waals surface area contributed by atoms with E-state index in [1.54, 1.807) is 36.3 Å².